The van der Waals surface area contributed by atoms with Gasteiger partial charge in [-0.3, -0.25) is 0 Å². The van der Waals surface area contributed by atoms with Gasteiger partial charge in [-0.2, -0.15) is 0 Å². The van der Waals surface area contributed by atoms with E-state index < -0.39 is 8.07 Å². The second-order valence-corrected chi connectivity index (χ2v) is 14.6. The van der Waals surface area contributed by atoms with Gasteiger partial charge >= 0.3 is 0 Å². The zero-order valence-electron chi connectivity index (χ0n) is 22.2. The first-order valence-electron chi connectivity index (χ1n) is 14.0. The molecule has 2 nitrogen and oxygen atoms in total. The zero-order valence-corrected chi connectivity index (χ0v) is 23.2. The molecule has 0 saturated heterocycles. The van der Waals surface area contributed by atoms with E-state index in [1.54, 1.807) is 0 Å². The summed E-state index contributed by atoms with van der Waals surface area (Å²) in [4.78, 5) is 0. The molecule has 0 fully saturated rings. The van der Waals surface area contributed by atoms with Crippen molar-refractivity contribution in [3.8, 4) is 0 Å². The number of para-hydroxylation sites is 2. The first-order valence-corrected chi connectivity index (χ1v) is 16.0. The van der Waals surface area contributed by atoms with Crippen LogP contribution in [0, 0.1) is 0 Å². The van der Waals surface area contributed by atoms with E-state index in [0.29, 0.717) is 0 Å². The van der Waals surface area contributed by atoms with Crippen molar-refractivity contribution in [2.75, 3.05) is 0 Å². The maximum absolute atomic E-state index is 6.38. The molecule has 0 bridgehead atoms. The third-order valence-electron chi connectivity index (χ3n) is 8.76. The third-order valence-corrected chi connectivity index (χ3v) is 13.6. The molecule has 0 aliphatic carbocycles. The van der Waals surface area contributed by atoms with E-state index in [9.17, 15) is 0 Å². The van der Waals surface area contributed by atoms with Crippen LogP contribution in [-0.4, -0.2) is 8.07 Å². The smallest absolute Gasteiger partial charge is 0.180 e. The highest BCUT2D eigenvalue weighted by Crippen LogP contribution is 2.34. The topological polar surface area (TPSA) is 26.3 Å². The summed E-state index contributed by atoms with van der Waals surface area (Å²) >= 11 is 0. The Balaban J connectivity index is 1.51. The lowest BCUT2D eigenvalue weighted by Gasteiger charge is -2.35. The number of furan rings is 2. The highest BCUT2D eigenvalue weighted by Gasteiger charge is 2.45. The van der Waals surface area contributed by atoms with Crippen molar-refractivity contribution >= 4 is 84.8 Å². The van der Waals surface area contributed by atoms with E-state index in [0.717, 1.165) is 43.9 Å². The van der Waals surface area contributed by atoms with E-state index in [1.807, 2.05) is 12.1 Å². The first-order chi connectivity index (χ1) is 20.3. The van der Waals surface area contributed by atoms with Gasteiger partial charge in [0, 0.05) is 21.5 Å². The van der Waals surface area contributed by atoms with Crippen molar-refractivity contribution in [1.82, 2.24) is 0 Å². The molecule has 3 heteroatoms. The van der Waals surface area contributed by atoms with Gasteiger partial charge in [0.1, 0.15) is 22.3 Å². The maximum atomic E-state index is 6.38. The van der Waals surface area contributed by atoms with Crippen molar-refractivity contribution in [3.05, 3.63) is 145 Å². The normalized spacial score (nSPS) is 14.0. The molecule has 0 amide bonds. The van der Waals surface area contributed by atoms with Crippen molar-refractivity contribution in [1.29, 1.82) is 0 Å². The Morgan fingerprint density at radius 3 is 1.24 bits per heavy atom. The lowest BCUT2D eigenvalue weighted by Crippen LogP contribution is -2.75. The van der Waals surface area contributed by atoms with Crippen LogP contribution < -0.4 is 20.7 Å². The van der Waals surface area contributed by atoms with Crippen molar-refractivity contribution in [2.24, 2.45) is 0 Å². The molecule has 1 aliphatic heterocycles. The fraction of sp³-hybridized carbons (Fsp3) is 0. The molecule has 0 N–H and O–H groups in total. The number of hydrogen-bond acceptors (Lipinski definition) is 2. The molecule has 2 aromatic heterocycles. The van der Waals surface area contributed by atoms with Crippen molar-refractivity contribution in [2.45, 2.75) is 0 Å². The van der Waals surface area contributed by atoms with E-state index in [-0.39, 0.29) is 0 Å². The van der Waals surface area contributed by atoms with Gasteiger partial charge in [-0.1, -0.05) is 109 Å². The summed E-state index contributed by atoms with van der Waals surface area (Å²) in [6.07, 6.45) is 4.55. The molecule has 0 unspecified atom stereocenters. The lowest BCUT2D eigenvalue weighted by molar-refractivity contribution is 0.668. The van der Waals surface area contributed by atoms with Crippen molar-refractivity contribution in [3.63, 3.8) is 0 Å². The Labute approximate surface area is 237 Å². The number of hydrogen-bond donors (Lipinski definition) is 0. The molecule has 9 rings (SSSR count). The van der Waals surface area contributed by atoms with E-state index in [4.69, 9.17) is 8.83 Å². The first kappa shape index (κ1) is 22.7. The summed E-state index contributed by atoms with van der Waals surface area (Å²) in [7, 11) is -2.83. The Hall–Kier alpha value is -5.12. The van der Waals surface area contributed by atoms with Crippen LogP contribution in [0.2, 0.25) is 0 Å². The summed E-state index contributed by atoms with van der Waals surface area (Å²) in [5, 5.41) is 10.1. The Morgan fingerprint density at radius 1 is 0.366 bits per heavy atom. The molecule has 41 heavy (non-hydrogen) atoms. The van der Waals surface area contributed by atoms with Crippen LogP contribution in [0.25, 0.3) is 56.0 Å². The minimum atomic E-state index is -2.83. The highest BCUT2D eigenvalue weighted by atomic mass is 28.3. The number of rotatable bonds is 2. The average molecular weight is 541 g/mol. The molecular formula is C38H24O2Si. The zero-order chi connectivity index (χ0) is 27.0. The number of fused-ring (bicyclic) bond motifs is 8. The van der Waals surface area contributed by atoms with Gasteiger partial charge in [0.2, 0.25) is 0 Å². The van der Waals surface area contributed by atoms with Gasteiger partial charge in [-0.05, 0) is 68.3 Å². The standard InChI is InChI=1S/C38H24O2Si/c1-3-11-27(12-4-1)41(28-13-5-2-6-14-28)37-23-31-29-15-7-9-17-33(29)39-35(31)21-25(37)19-20-26-22-36-32(24-38(26)41)30-16-8-10-18-34(30)40-36/h1-24H. The largest absolute Gasteiger partial charge is 0.456 e. The monoisotopic (exact) mass is 540 g/mol. The summed E-state index contributed by atoms with van der Waals surface area (Å²) in [6, 6.07) is 48.4. The SMILES string of the molecule is C1=Cc2cc3oc4ccccc4c3cc2[Si](c2ccccc2)(c2ccccc2)c2cc3c(cc21)oc1ccccc13. The predicted molar refractivity (Wildman–Crippen MR) is 174 cm³/mol. The van der Waals surface area contributed by atoms with Crippen LogP contribution >= 0.6 is 0 Å². The summed E-state index contributed by atoms with van der Waals surface area (Å²) in [6.45, 7) is 0. The van der Waals surface area contributed by atoms with Gasteiger partial charge in [0.25, 0.3) is 0 Å². The number of benzene rings is 6. The maximum Gasteiger partial charge on any atom is 0.180 e. The van der Waals surface area contributed by atoms with Crippen LogP contribution in [0.15, 0.2) is 142 Å². The molecule has 6 aromatic carbocycles. The van der Waals surface area contributed by atoms with Crippen LogP contribution in [0.1, 0.15) is 11.1 Å². The van der Waals surface area contributed by atoms with Crippen LogP contribution in [-0.2, 0) is 0 Å². The minimum absolute atomic E-state index is 0.921. The molecule has 0 radical (unpaired) electrons. The summed E-state index contributed by atoms with van der Waals surface area (Å²) in [5.74, 6) is 0. The average Bonchev–Trinajstić information content (AvgIpc) is 3.54. The van der Waals surface area contributed by atoms with Crippen LogP contribution in [0.5, 0.6) is 0 Å². The van der Waals surface area contributed by atoms with Gasteiger partial charge in [0.15, 0.2) is 8.07 Å². The highest BCUT2D eigenvalue weighted by molar-refractivity contribution is 7.20. The lowest BCUT2D eigenvalue weighted by atomic mass is 10.1. The van der Waals surface area contributed by atoms with Gasteiger partial charge in [-0.25, -0.2) is 0 Å². The summed E-state index contributed by atoms with van der Waals surface area (Å²) < 4.78 is 12.8. The molecule has 0 spiro atoms. The van der Waals surface area contributed by atoms with Crippen molar-refractivity contribution < 1.29 is 8.83 Å². The second kappa shape index (κ2) is 8.44. The fourth-order valence-electron chi connectivity index (χ4n) is 6.99. The predicted octanol–water partition coefficient (Wildman–Crippen LogP) is 7.35. The molecule has 0 atom stereocenters. The Kier molecular flexibility index (Phi) is 4.66. The quantitative estimate of drug-likeness (QED) is 0.214. The molecule has 8 aromatic rings. The minimum Gasteiger partial charge on any atom is -0.456 e. The molecule has 1 aliphatic rings. The Bertz CT molecular complexity index is 2140. The van der Waals surface area contributed by atoms with E-state index in [1.165, 1.54) is 31.9 Å². The fourth-order valence-corrected chi connectivity index (χ4v) is 12.1. The van der Waals surface area contributed by atoms with E-state index in [2.05, 4.69) is 133 Å². The Morgan fingerprint density at radius 2 is 0.780 bits per heavy atom. The summed E-state index contributed by atoms with van der Waals surface area (Å²) in [5.41, 5.74) is 6.09. The second-order valence-electron chi connectivity index (χ2n) is 10.9. The molecule has 192 valence electrons. The molecule has 0 saturated carbocycles. The van der Waals surface area contributed by atoms with Gasteiger partial charge in [-0.15, -0.1) is 0 Å². The van der Waals surface area contributed by atoms with Crippen LogP contribution in [0.4, 0.5) is 0 Å². The van der Waals surface area contributed by atoms with Gasteiger partial charge < -0.3 is 8.83 Å². The van der Waals surface area contributed by atoms with Crippen LogP contribution in [0.3, 0.4) is 0 Å². The van der Waals surface area contributed by atoms with Gasteiger partial charge in [0.05, 0.1) is 0 Å². The van der Waals surface area contributed by atoms with E-state index >= 15 is 0 Å². The third kappa shape index (κ3) is 3.12. The molecule has 3 heterocycles. The molecular weight excluding hydrogens is 517 g/mol.